The maximum atomic E-state index is 13.3. The van der Waals surface area contributed by atoms with E-state index in [1.54, 1.807) is 12.1 Å². The van der Waals surface area contributed by atoms with E-state index in [1.165, 1.54) is 30.4 Å². The number of aryl methyl sites for hydroxylation is 2. The molecule has 2 aromatic rings. The molecule has 0 radical (unpaired) electrons. The first-order chi connectivity index (χ1) is 14.5. The lowest BCUT2D eigenvalue weighted by Crippen LogP contribution is -2.40. The van der Waals surface area contributed by atoms with Crippen molar-refractivity contribution in [1.29, 1.82) is 0 Å². The van der Waals surface area contributed by atoms with Gasteiger partial charge in [0.05, 0.1) is 25.4 Å². The van der Waals surface area contributed by atoms with E-state index < -0.39 is 0 Å². The molecule has 1 amide bonds. The van der Waals surface area contributed by atoms with Gasteiger partial charge in [-0.05, 0) is 63.0 Å². The maximum Gasteiger partial charge on any atom is 0.257 e. The zero-order valence-electron chi connectivity index (χ0n) is 18.2. The summed E-state index contributed by atoms with van der Waals surface area (Å²) in [6.45, 7) is 6.64. The number of hydrogen-bond acceptors (Lipinski definition) is 4. The van der Waals surface area contributed by atoms with Crippen LogP contribution in [0.25, 0.3) is 0 Å². The lowest BCUT2D eigenvalue weighted by atomic mass is 9.95. The van der Waals surface area contributed by atoms with Gasteiger partial charge in [0.15, 0.2) is 0 Å². The third kappa shape index (κ3) is 4.41. The average Bonchev–Trinajstić information content (AvgIpc) is 3.20. The molecule has 2 heterocycles. The van der Waals surface area contributed by atoms with Gasteiger partial charge in [-0.1, -0.05) is 42.3 Å². The van der Waals surface area contributed by atoms with Crippen molar-refractivity contribution in [2.75, 3.05) is 26.7 Å². The van der Waals surface area contributed by atoms with Gasteiger partial charge in [-0.15, -0.1) is 0 Å². The van der Waals surface area contributed by atoms with Gasteiger partial charge in [-0.25, -0.2) is 5.01 Å². The Hall–Kier alpha value is -2.66. The average molecular weight is 406 g/mol. The van der Waals surface area contributed by atoms with E-state index >= 15 is 0 Å². The summed E-state index contributed by atoms with van der Waals surface area (Å²) < 4.78 is 5.43. The van der Waals surface area contributed by atoms with Gasteiger partial charge in [-0.3, -0.25) is 9.69 Å². The molecular formula is C25H31N3O2. The summed E-state index contributed by atoms with van der Waals surface area (Å²) in [5.74, 6) is 0.875. The molecule has 0 aromatic heterocycles. The summed E-state index contributed by atoms with van der Waals surface area (Å²) in [7, 11) is 1.67. The van der Waals surface area contributed by atoms with Crippen molar-refractivity contribution in [3.8, 4) is 5.75 Å². The first kappa shape index (κ1) is 20.6. The van der Waals surface area contributed by atoms with E-state index in [9.17, 15) is 4.79 Å². The van der Waals surface area contributed by atoms with Crippen LogP contribution in [0.2, 0.25) is 0 Å². The van der Waals surface area contributed by atoms with Crippen LogP contribution in [0.1, 0.15) is 54.0 Å². The highest BCUT2D eigenvalue weighted by atomic mass is 16.5. The first-order valence-electron chi connectivity index (χ1n) is 10.9. The number of nitrogens with zero attached hydrogens (tertiary/aromatic N) is 3. The number of piperidine rings is 1. The second-order valence-electron chi connectivity index (χ2n) is 8.44. The number of rotatable bonds is 5. The lowest BCUT2D eigenvalue weighted by molar-refractivity contribution is -0.134. The molecule has 2 aliphatic heterocycles. The normalized spacial score (nSPS) is 19.6. The van der Waals surface area contributed by atoms with E-state index in [1.807, 2.05) is 18.2 Å². The third-order valence-electron chi connectivity index (χ3n) is 6.14. The molecule has 0 saturated carbocycles. The second-order valence-corrected chi connectivity index (χ2v) is 8.44. The Bertz CT molecular complexity index is 947. The van der Waals surface area contributed by atoms with E-state index in [-0.39, 0.29) is 11.9 Å². The molecule has 1 saturated heterocycles. The summed E-state index contributed by atoms with van der Waals surface area (Å²) >= 11 is 0. The highest BCUT2D eigenvalue weighted by Crippen LogP contribution is 2.35. The van der Waals surface area contributed by atoms with Gasteiger partial charge in [0.2, 0.25) is 0 Å². The van der Waals surface area contributed by atoms with Crippen molar-refractivity contribution < 1.29 is 9.53 Å². The monoisotopic (exact) mass is 405 g/mol. The van der Waals surface area contributed by atoms with E-state index in [0.717, 1.165) is 35.7 Å². The predicted octanol–water partition coefficient (Wildman–Crippen LogP) is 4.48. The SMILES string of the molecule is COc1cccc([C@H]2CC(c3ccc(C)cc3C)=NN2C(=O)CN2CCCCC2)c1. The molecule has 0 N–H and O–H groups in total. The standard InChI is InChI=1S/C25H31N3O2/c1-18-10-11-22(19(2)14-18)23-16-24(20-8-7-9-21(15-20)30-3)28(26-23)25(29)17-27-12-5-4-6-13-27/h7-11,14-15,24H,4-6,12-13,16-17H2,1-3H3/t24-/m1/s1. The Morgan fingerprint density at radius 1 is 1.10 bits per heavy atom. The van der Waals surface area contributed by atoms with Crippen LogP contribution in [0, 0.1) is 13.8 Å². The fourth-order valence-corrected chi connectivity index (χ4v) is 4.53. The van der Waals surface area contributed by atoms with Crippen molar-refractivity contribution in [2.24, 2.45) is 5.10 Å². The Labute approximate surface area is 179 Å². The molecule has 158 valence electrons. The Morgan fingerprint density at radius 3 is 2.63 bits per heavy atom. The van der Waals surface area contributed by atoms with Gasteiger partial charge in [0.1, 0.15) is 5.75 Å². The van der Waals surface area contributed by atoms with Crippen molar-refractivity contribution in [3.05, 3.63) is 64.7 Å². The highest BCUT2D eigenvalue weighted by Gasteiger charge is 2.34. The topological polar surface area (TPSA) is 45.1 Å². The second kappa shape index (κ2) is 9.00. The zero-order valence-corrected chi connectivity index (χ0v) is 18.2. The number of methoxy groups -OCH3 is 1. The Kier molecular flexibility index (Phi) is 6.18. The van der Waals surface area contributed by atoms with Crippen molar-refractivity contribution in [2.45, 2.75) is 45.6 Å². The third-order valence-corrected chi connectivity index (χ3v) is 6.14. The highest BCUT2D eigenvalue weighted by molar-refractivity contribution is 6.04. The molecule has 5 heteroatoms. The molecule has 0 spiro atoms. The molecule has 0 bridgehead atoms. The van der Waals surface area contributed by atoms with Crippen LogP contribution in [0.4, 0.5) is 0 Å². The molecular weight excluding hydrogens is 374 g/mol. The van der Waals surface area contributed by atoms with Crippen LogP contribution in [0.5, 0.6) is 5.75 Å². The number of hydrazone groups is 1. The van der Waals surface area contributed by atoms with Crippen LogP contribution in [0.3, 0.4) is 0 Å². The predicted molar refractivity (Wildman–Crippen MR) is 120 cm³/mol. The number of likely N-dealkylation sites (tertiary alicyclic amines) is 1. The van der Waals surface area contributed by atoms with Gasteiger partial charge in [0.25, 0.3) is 5.91 Å². The molecule has 2 aliphatic rings. The molecule has 2 aromatic carbocycles. The molecule has 0 aliphatic carbocycles. The van der Waals surface area contributed by atoms with Crippen molar-refractivity contribution >= 4 is 11.6 Å². The first-order valence-corrected chi connectivity index (χ1v) is 10.9. The fraction of sp³-hybridized carbons (Fsp3) is 0.440. The van der Waals surface area contributed by atoms with Crippen LogP contribution in [0.15, 0.2) is 47.6 Å². The molecule has 30 heavy (non-hydrogen) atoms. The number of carbonyl (C=O) groups is 1. The number of amides is 1. The minimum Gasteiger partial charge on any atom is -0.497 e. The molecule has 1 fully saturated rings. The summed E-state index contributed by atoms with van der Waals surface area (Å²) in [6.07, 6.45) is 4.31. The van der Waals surface area contributed by atoms with Crippen LogP contribution >= 0.6 is 0 Å². The van der Waals surface area contributed by atoms with Gasteiger partial charge in [0, 0.05) is 12.0 Å². The minimum atomic E-state index is -0.104. The summed E-state index contributed by atoms with van der Waals surface area (Å²) in [6, 6.07) is 14.3. The molecule has 1 atom stereocenters. The number of benzene rings is 2. The Morgan fingerprint density at radius 2 is 1.90 bits per heavy atom. The summed E-state index contributed by atoms with van der Waals surface area (Å²) in [5, 5.41) is 6.58. The molecule has 4 rings (SSSR count). The summed E-state index contributed by atoms with van der Waals surface area (Å²) in [5.41, 5.74) is 5.60. The van der Waals surface area contributed by atoms with E-state index in [2.05, 4.69) is 43.0 Å². The molecule has 0 unspecified atom stereocenters. The smallest absolute Gasteiger partial charge is 0.257 e. The zero-order chi connectivity index (χ0) is 21.1. The Balaban J connectivity index is 1.64. The maximum absolute atomic E-state index is 13.3. The van der Waals surface area contributed by atoms with Gasteiger partial charge >= 0.3 is 0 Å². The largest absolute Gasteiger partial charge is 0.497 e. The lowest BCUT2D eigenvalue weighted by Gasteiger charge is -2.29. The fourth-order valence-electron chi connectivity index (χ4n) is 4.53. The van der Waals surface area contributed by atoms with Crippen molar-refractivity contribution in [1.82, 2.24) is 9.91 Å². The summed E-state index contributed by atoms with van der Waals surface area (Å²) in [4.78, 5) is 15.6. The van der Waals surface area contributed by atoms with Crippen LogP contribution < -0.4 is 4.74 Å². The number of ether oxygens (including phenoxy) is 1. The number of carbonyl (C=O) groups excluding carboxylic acids is 1. The van der Waals surface area contributed by atoms with E-state index in [4.69, 9.17) is 9.84 Å². The van der Waals surface area contributed by atoms with E-state index in [0.29, 0.717) is 13.0 Å². The molecule has 5 nitrogen and oxygen atoms in total. The van der Waals surface area contributed by atoms with Gasteiger partial charge in [-0.2, -0.15) is 5.10 Å². The quantitative estimate of drug-likeness (QED) is 0.737. The minimum absolute atomic E-state index is 0.0736. The number of hydrogen-bond donors (Lipinski definition) is 0. The van der Waals surface area contributed by atoms with Crippen molar-refractivity contribution in [3.63, 3.8) is 0 Å². The van der Waals surface area contributed by atoms with Crippen LogP contribution in [-0.4, -0.2) is 48.3 Å². The van der Waals surface area contributed by atoms with Crippen LogP contribution in [-0.2, 0) is 4.79 Å². The van der Waals surface area contributed by atoms with Gasteiger partial charge < -0.3 is 4.74 Å².